The number of sulfonamides is 1. The maximum atomic E-state index is 13.4. The van der Waals surface area contributed by atoms with Crippen molar-refractivity contribution in [3.63, 3.8) is 0 Å². The summed E-state index contributed by atoms with van der Waals surface area (Å²) in [6.07, 6.45) is 0. The molecule has 0 bridgehead atoms. The molecule has 0 amide bonds. The van der Waals surface area contributed by atoms with Crippen LogP contribution in [0.25, 0.3) is 10.4 Å². The van der Waals surface area contributed by atoms with Gasteiger partial charge in [-0.25, -0.2) is 17.5 Å². The van der Waals surface area contributed by atoms with E-state index in [-0.39, 0.29) is 13.1 Å². The van der Waals surface area contributed by atoms with E-state index in [0.29, 0.717) is 12.1 Å². The Morgan fingerprint density at radius 1 is 1.53 bits per heavy atom. The Morgan fingerprint density at radius 3 is 2.79 bits per heavy atom. The molecule has 1 rings (SSSR count). The molecular weight excluding hydrogens is 281 g/mol. The lowest BCUT2D eigenvalue weighted by molar-refractivity contribution is -0.385. The van der Waals surface area contributed by atoms with Crippen LogP contribution in [0.4, 0.5) is 10.1 Å². The van der Waals surface area contributed by atoms with Crippen LogP contribution in [0, 0.1) is 15.9 Å². The SMILES string of the molecule is [N-]=[N+]=NCCNS(=O)(=O)c1cc([N+](=O)[O-])ccc1F. The zero-order chi connectivity index (χ0) is 14.5. The molecule has 0 aliphatic carbocycles. The second-order valence-electron chi connectivity index (χ2n) is 3.22. The molecule has 1 N–H and O–H groups in total. The van der Waals surface area contributed by atoms with Crippen LogP contribution in [0.3, 0.4) is 0 Å². The van der Waals surface area contributed by atoms with Crippen LogP contribution in [0.1, 0.15) is 0 Å². The van der Waals surface area contributed by atoms with Gasteiger partial charge in [-0.3, -0.25) is 10.1 Å². The highest BCUT2D eigenvalue weighted by molar-refractivity contribution is 7.89. The average molecular weight is 289 g/mol. The highest BCUT2D eigenvalue weighted by Crippen LogP contribution is 2.20. The van der Waals surface area contributed by atoms with E-state index in [1.165, 1.54) is 0 Å². The number of nitro groups is 1. The third-order valence-corrected chi connectivity index (χ3v) is 3.46. The van der Waals surface area contributed by atoms with Crippen LogP contribution in [0.15, 0.2) is 28.2 Å². The molecule has 11 heteroatoms. The van der Waals surface area contributed by atoms with Gasteiger partial charge in [-0.15, -0.1) is 0 Å². The largest absolute Gasteiger partial charge is 0.270 e. The zero-order valence-electron chi connectivity index (χ0n) is 9.35. The molecule has 19 heavy (non-hydrogen) atoms. The van der Waals surface area contributed by atoms with E-state index in [1.807, 2.05) is 4.72 Å². The molecular formula is C8H8FN5O4S. The molecule has 0 saturated carbocycles. The molecule has 0 spiro atoms. The quantitative estimate of drug-likeness (QED) is 0.211. The smallest absolute Gasteiger partial charge is 0.258 e. The summed E-state index contributed by atoms with van der Waals surface area (Å²) in [5.74, 6) is -1.11. The number of halogens is 1. The van der Waals surface area contributed by atoms with Gasteiger partial charge in [0.05, 0.1) is 4.92 Å². The van der Waals surface area contributed by atoms with Gasteiger partial charge < -0.3 is 0 Å². The van der Waals surface area contributed by atoms with Gasteiger partial charge in [-0.2, -0.15) is 0 Å². The van der Waals surface area contributed by atoms with Crippen molar-refractivity contribution in [2.75, 3.05) is 13.1 Å². The van der Waals surface area contributed by atoms with Gasteiger partial charge in [-0.1, -0.05) is 5.11 Å². The maximum absolute atomic E-state index is 13.4. The number of non-ortho nitro benzene ring substituents is 1. The van der Waals surface area contributed by atoms with E-state index in [2.05, 4.69) is 10.0 Å². The molecule has 0 radical (unpaired) electrons. The van der Waals surface area contributed by atoms with E-state index in [9.17, 15) is 22.9 Å². The molecule has 0 atom stereocenters. The predicted octanol–water partition coefficient (Wildman–Crippen LogP) is 1.32. The first-order valence-electron chi connectivity index (χ1n) is 4.83. The van der Waals surface area contributed by atoms with Crippen molar-refractivity contribution < 1.29 is 17.7 Å². The van der Waals surface area contributed by atoms with Gasteiger partial charge in [0.25, 0.3) is 5.69 Å². The molecule has 0 aliphatic rings. The van der Waals surface area contributed by atoms with Crippen molar-refractivity contribution in [2.24, 2.45) is 5.11 Å². The number of nitrogens with one attached hydrogen (secondary N) is 1. The first-order valence-corrected chi connectivity index (χ1v) is 6.31. The Bertz CT molecular complexity index is 641. The molecule has 0 saturated heterocycles. The first-order chi connectivity index (χ1) is 8.88. The van der Waals surface area contributed by atoms with Crippen LogP contribution >= 0.6 is 0 Å². The van der Waals surface area contributed by atoms with Gasteiger partial charge in [0, 0.05) is 30.1 Å². The minimum Gasteiger partial charge on any atom is -0.258 e. The summed E-state index contributed by atoms with van der Waals surface area (Å²) in [7, 11) is -4.24. The lowest BCUT2D eigenvalue weighted by Gasteiger charge is -2.06. The standard InChI is InChI=1S/C8H8FN5O4S/c9-7-2-1-6(14(15)16)5-8(7)19(17,18)12-4-3-11-13-10/h1-2,5,12H,3-4H2. The van der Waals surface area contributed by atoms with Crippen LogP contribution in [0.5, 0.6) is 0 Å². The fourth-order valence-electron chi connectivity index (χ4n) is 1.16. The van der Waals surface area contributed by atoms with Crippen molar-refractivity contribution in [3.05, 3.63) is 44.6 Å². The van der Waals surface area contributed by atoms with Crippen LogP contribution in [0.2, 0.25) is 0 Å². The highest BCUT2D eigenvalue weighted by Gasteiger charge is 2.21. The summed E-state index contributed by atoms with van der Waals surface area (Å²) in [5, 5.41) is 13.6. The second-order valence-corrected chi connectivity index (χ2v) is 4.96. The second kappa shape index (κ2) is 6.09. The Labute approximate surface area is 106 Å². The summed E-state index contributed by atoms with van der Waals surface area (Å²) in [4.78, 5) is 11.2. The van der Waals surface area contributed by atoms with E-state index in [0.717, 1.165) is 6.07 Å². The summed E-state index contributed by atoms with van der Waals surface area (Å²) in [6, 6.07) is 2.17. The van der Waals surface area contributed by atoms with Gasteiger partial charge >= 0.3 is 0 Å². The molecule has 9 nitrogen and oxygen atoms in total. The van der Waals surface area contributed by atoms with Gasteiger partial charge in [0.15, 0.2) is 0 Å². The predicted molar refractivity (Wildman–Crippen MR) is 62.3 cm³/mol. The summed E-state index contributed by atoms with van der Waals surface area (Å²) in [5.41, 5.74) is 7.46. The highest BCUT2D eigenvalue weighted by atomic mass is 32.2. The van der Waals surface area contributed by atoms with Crippen molar-refractivity contribution in [3.8, 4) is 0 Å². The van der Waals surface area contributed by atoms with E-state index in [4.69, 9.17) is 5.53 Å². The fraction of sp³-hybridized carbons (Fsp3) is 0.250. The topological polar surface area (TPSA) is 138 Å². The number of hydrogen-bond donors (Lipinski definition) is 1. The zero-order valence-corrected chi connectivity index (χ0v) is 10.2. The number of hydrogen-bond acceptors (Lipinski definition) is 5. The van der Waals surface area contributed by atoms with E-state index >= 15 is 0 Å². The molecule has 0 fully saturated rings. The summed E-state index contributed by atoms with van der Waals surface area (Å²) in [6.45, 7) is -0.402. The van der Waals surface area contributed by atoms with E-state index < -0.39 is 31.3 Å². The minimum atomic E-state index is -4.24. The van der Waals surface area contributed by atoms with Crippen LogP contribution in [-0.4, -0.2) is 26.4 Å². The lowest BCUT2D eigenvalue weighted by Crippen LogP contribution is -2.27. The number of nitrogens with zero attached hydrogens (tertiary/aromatic N) is 4. The maximum Gasteiger partial charge on any atom is 0.270 e. The number of nitro benzene ring substituents is 1. The van der Waals surface area contributed by atoms with E-state index in [1.54, 1.807) is 0 Å². The van der Waals surface area contributed by atoms with Gasteiger partial charge in [-0.05, 0) is 11.6 Å². The van der Waals surface area contributed by atoms with Crippen molar-refractivity contribution in [1.82, 2.24) is 4.72 Å². The molecule has 1 aromatic carbocycles. The average Bonchev–Trinajstić information content (AvgIpc) is 2.34. The number of azide groups is 1. The first kappa shape index (κ1) is 14.8. The monoisotopic (exact) mass is 289 g/mol. The van der Waals surface area contributed by atoms with Crippen LogP contribution < -0.4 is 4.72 Å². The van der Waals surface area contributed by atoms with Crippen molar-refractivity contribution in [2.45, 2.75) is 4.90 Å². The molecule has 102 valence electrons. The Balaban J connectivity index is 3.03. The lowest BCUT2D eigenvalue weighted by atomic mass is 10.3. The van der Waals surface area contributed by atoms with Crippen LogP contribution in [-0.2, 0) is 10.0 Å². The van der Waals surface area contributed by atoms with Crippen molar-refractivity contribution >= 4 is 15.7 Å². The molecule has 1 aromatic rings. The van der Waals surface area contributed by atoms with Gasteiger partial charge in [0.2, 0.25) is 10.0 Å². The Morgan fingerprint density at radius 2 is 2.21 bits per heavy atom. The van der Waals surface area contributed by atoms with Crippen molar-refractivity contribution in [1.29, 1.82) is 0 Å². The number of benzene rings is 1. The fourth-order valence-corrected chi connectivity index (χ4v) is 2.28. The molecule has 0 unspecified atom stereocenters. The molecule has 0 aromatic heterocycles. The normalized spacial score (nSPS) is 10.8. The third-order valence-electron chi connectivity index (χ3n) is 1.98. The van der Waals surface area contributed by atoms with Gasteiger partial charge in [0.1, 0.15) is 10.7 Å². The Hall–Kier alpha value is -2.23. The third kappa shape index (κ3) is 3.88. The minimum absolute atomic E-state index is 0.160. The Kier molecular flexibility index (Phi) is 4.75. The number of rotatable bonds is 6. The molecule has 0 heterocycles. The summed E-state index contributed by atoms with van der Waals surface area (Å²) >= 11 is 0. The summed E-state index contributed by atoms with van der Waals surface area (Å²) < 4.78 is 38.7. The molecule has 0 aliphatic heterocycles.